The molecule has 0 aromatic heterocycles. The fourth-order valence-corrected chi connectivity index (χ4v) is 0.549. The molecule has 11 heavy (non-hydrogen) atoms. The number of aliphatic hydroxyl groups is 1. The first kappa shape index (κ1) is 9.99. The number of carbonyl (C=O) groups is 1. The van der Waals surface area contributed by atoms with Gasteiger partial charge in [0.15, 0.2) is 0 Å². The topological polar surface area (TPSA) is 49.3 Å². The van der Waals surface area contributed by atoms with Gasteiger partial charge in [-0.05, 0) is 18.8 Å². The quantitative estimate of drug-likeness (QED) is 0.552. The summed E-state index contributed by atoms with van der Waals surface area (Å²) >= 11 is 0. The first-order valence-corrected chi connectivity index (χ1v) is 3.49. The molecule has 0 fully saturated rings. The van der Waals surface area contributed by atoms with E-state index in [-0.39, 0.29) is 18.6 Å². The Hall–Kier alpha value is -1.01. The van der Waals surface area contributed by atoms with Crippen LogP contribution in [0.3, 0.4) is 0 Å². The molecule has 2 unspecified atom stereocenters. The van der Waals surface area contributed by atoms with E-state index in [2.05, 4.69) is 5.32 Å². The van der Waals surface area contributed by atoms with Crippen molar-refractivity contribution in [3.63, 3.8) is 0 Å². The lowest BCUT2D eigenvalue weighted by Crippen LogP contribution is -2.37. The van der Waals surface area contributed by atoms with Crippen molar-refractivity contribution in [3.8, 4) is 12.3 Å². The summed E-state index contributed by atoms with van der Waals surface area (Å²) in [5, 5.41) is 11.2. The van der Waals surface area contributed by atoms with E-state index in [0.29, 0.717) is 0 Å². The van der Waals surface area contributed by atoms with E-state index >= 15 is 0 Å². The van der Waals surface area contributed by atoms with Crippen molar-refractivity contribution in [1.29, 1.82) is 0 Å². The predicted octanol–water partition coefficient (Wildman–Crippen LogP) is -0.247. The third kappa shape index (κ3) is 3.64. The Labute approximate surface area is 66.8 Å². The molecule has 0 aliphatic heterocycles. The van der Waals surface area contributed by atoms with Gasteiger partial charge in [-0.15, -0.1) is 6.42 Å². The Morgan fingerprint density at radius 2 is 2.27 bits per heavy atom. The number of carbonyl (C=O) groups excluding carboxylic acids is 1. The molecule has 0 spiro atoms. The molecule has 0 bridgehead atoms. The molecular weight excluding hydrogens is 142 g/mol. The highest BCUT2D eigenvalue weighted by Crippen LogP contribution is 1.99. The lowest BCUT2D eigenvalue weighted by molar-refractivity contribution is -0.116. The third-order valence-corrected chi connectivity index (χ3v) is 1.63. The molecule has 2 atom stereocenters. The number of rotatable bonds is 3. The van der Waals surface area contributed by atoms with E-state index in [9.17, 15) is 4.79 Å². The van der Waals surface area contributed by atoms with Gasteiger partial charge in [-0.25, -0.2) is 0 Å². The predicted molar refractivity (Wildman–Crippen MR) is 42.7 cm³/mol. The molecule has 0 aliphatic rings. The van der Waals surface area contributed by atoms with Crippen molar-refractivity contribution in [3.05, 3.63) is 0 Å². The van der Waals surface area contributed by atoms with Crippen LogP contribution in [0.2, 0.25) is 0 Å². The summed E-state index contributed by atoms with van der Waals surface area (Å²) in [5.74, 6) is 1.55. The standard InChI is InChI=1S/C8H13NO2/c1-4-8(11)9-7(3)6(2)5-10/h1,6-7,10H,5H2,2-3H3,(H,9,11). The number of terminal acetylenes is 1. The highest BCUT2D eigenvalue weighted by atomic mass is 16.3. The summed E-state index contributed by atoms with van der Waals surface area (Å²) in [4.78, 5) is 10.6. The lowest BCUT2D eigenvalue weighted by atomic mass is 10.1. The summed E-state index contributed by atoms with van der Waals surface area (Å²) in [6.07, 6.45) is 4.84. The molecule has 0 aliphatic carbocycles. The van der Waals surface area contributed by atoms with E-state index < -0.39 is 5.91 Å². The average molecular weight is 155 g/mol. The van der Waals surface area contributed by atoms with Crippen LogP contribution in [-0.4, -0.2) is 23.7 Å². The average Bonchev–Trinajstić information content (AvgIpc) is 2.02. The van der Waals surface area contributed by atoms with Gasteiger partial charge in [0.2, 0.25) is 0 Å². The van der Waals surface area contributed by atoms with Gasteiger partial charge in [0.1, 0.15) is 0 Å². The Morgan fingerprint density at radius 1 is 1.73 bits per heavy atom. The van der Waals surface area contributed by atoms with Gasteiger partial charge in [0, 0.05) is 12.6 Å². The van der Waals surface area contributed by atoms with Gasteiger partial charge in [-0.3, -0.25) is 4.79 Å². The SMILES string of the molecule is C#CC(=O)NC(C)C(C)CO. The number of aliphatic hydroxyl groups excluding tert-OH is 1. The lowest BCUT2D eigenvalue weighted by Gasteiger charge is -2.17. The number of hydrogen-bond acceptors (Lipinski definition) is 2. The fraction of sp³-hybridized carbons (Fsp3) is 0.625. The van der Waals surface area contributed by atoms with Gasteiger partial charge in [-0.1, -0.05) is 6.92 Å². The van der Waals surface area contributed by atoms with Crippen LogP contribution in [0, 0.1) is 18.3 Å². The zero-order chi connectivity index (χ0) is 8.85. The minimum Gasteiger partial charge on any atom is -0.396 e. The normalized spacial score (nSPS) is 14.7. The number of amides is 1. The molecule has 0 rings (SSSR count). The van der Waals surface area contributed by atoms with E-state index in [1.165, 1.54) is 0 Å². The van der Waals surface area contributed by atoms with Crippen LogP contribution in [0.25, 0.3) is 0 Å². The Balaban J connectivity index is 3.79. The van der Waals surface area contributed by atoms with Gasteiger partial charge < -0.3 is 10.4 Å². The van der Waals surface area contributed by atoms with Crippen LogP contribution in [-0.2, 0) is 4.79 Å². The molecule has 0 aromatic rings. The van der Waals surface area contributed by atoms with Crippen LogP contribution in [0.4, 0.5) is 0 Å². The second-order valence-electron chi connectivity index (χ2n) is 2.57. The number of nitrogens with one attached hydrogen (secondary N) is 1. The molecule has 0 saturated heterocycles. The molecule has 62 valence electrons. The monoisotopic (exact) mass is 155 g/mol. The van der Waals surface area contributed by atoms with Gasteiger partial charge in [0.05, 0.1) is 0 Å². The first-order chi connectivity index (χ1) is 5.11. The Morgan fingerprint density at radius 3 is 2.64 bits per heavy atom. The summed E-state index contributed by atoms with van der Waals surface area (Å²) < 4.78 is 0. The maximum Gasteiger partial charge on any atom is 0.295 e. The van der Waals surface area contributed by atoms with E-state index in [1.54, 1.807) is 6.92 Å². The molecule has 0 heterocycles. The van der Waals surface area contributed by atoms with Crippen molar-refractivity contribution in [2.24, 2.45) is 5.92 Å². The third-order valence-electron chi connectivity index (χ3n) is 1.63. The van der Waals surface area contributed by atoms with Crippen molar-refractivity contribution in [1.82, 2.24) is 5.32 Å². The molecule has 3 nitrogen and oxygen atoms in total. The van der Waals surface area contributed by atoms with Gasteiger partial charge in [0.25, 0.3) is 5.91 Å². The van der Waals surface area contributed by atoms with Crippen molar-refractivity contribution < 1.29 is 9.90 Å². The fourth-order valence-electron chi connectivity index (χ4n) is 0.549. The minimum absolute atomic E-state index is 0.0345. The van der Waals surface area contributed by atoms with Crippen LogP contribution >= 0.6 is 0 Å². The largest absolute Gasteiger partial charge is 0.396 e. The van der Waals surface area contributed by atoms with Crippen molar-refractivity contribution in [2.45, 2.75) is 19.9 Å². The molecule has 3 heteroatoms. The van der Waals surface area contributed by atoms with E-state index in [4.69, 9.17) is 11.5 Å². The zero-order valence-electron chi connectivity index (χ0n) is 6.79. The molecule has 0 aromatic carbocycles. The maximum atomic E-state index is 10.6. The van der Waals surface area contributed by atoms with E-state index in [0.717, 1.165) is 0 Å². The maximum absolute atomic E-state index is 10.6. The summed E-state index contributed by atoms with van der Waals surface area (Å²) in [6, 6.07) is -0.0800. The summed E-state index contributed by atoms with van der Waals surface area (Å²) in [5.41, 5.74) is 0. The van der Waals surface area contributed by atoms with Crippen LogP contribution in [0.1, 0.15) is 13.8 Å². The highest BCUT2D eigenvalue weighted by Gasteiger charge is 2.11. The second kappa shape index (κ2) is 4.75. The summed E-state index contributed by atoms with van der Waals surface area (Å²) in [7, 11) is 0. The second-order valence-corrected chi connectivity index (χ2v) is 2.57. The van der Waals surface area contributed by atoms with Gasteiger partial charge in [-0.2, -0.15) is 0 Å². The van der Waals surface area contributed by atoms with Crippen LogP contribution in [0.5, 0.6) is 0 Å². The van der Waals surface area contributed by atoms with Crippen LogP contribution in [0.15, 0.2) is 0 Å². The number of hydrogen-bond donors (Lipinski definition) is 2. The van der Waals surface area contributed by atoms with E-state index in [1.807, 2.05) is 12.8 Å². The molecular formula is C8H13NO2. The first-order valence-electron chi connectivity index (χ1n) is 3.49. The van der Waals surface area contributed by atoms with Gasteiger partial charge >= 0.3 is 0 Å². The van der Waals surface area contributed by atoms with Crippen LogP contribution < -0.4 is 5.32 Å². The molecule has 2 N–H and O–H groups in total. The molecule has 1 amide bonds. The molecule has 0 radical (unpaired) electrons. The van der Waals surface area contributed by atoms with Crippen molar-refractivity contribution in [2.75, 3.05) is 6.61 Å². The minimum atomic E-state index is -0.433. The Kier molecular flexibility index (Phi) is 4.32. The Bertz CT molecular complexity index is 171. The molecule has 0 saturated carbocycles. The smallest absolute Gasteiger partial charge is 0.295 e. The van der Waals surface area contributed by atoms with Crippen molar-refractivity contribution >= 4 is 5.91 Å². The zero-order valence-corrected chi connectivity index (χ0v) is 6.79. The summed E-state index contributed by atoms with van der Waals surface area (Å²) in [6.45, 7) is 3.68. The highest BCUT2D eigenvalue weighted by molar-refractivity contribution is 5.92.